The number of nitrogen functional groups attached to an aromatic ring is 1. The van der Waals surface area contributed by atoms with E-state index in [2.05, 4.69) is 15.3 Å². The average molecular weight is 223 g/mol. The van der Waals surface area contributed by atoms with Crippen LogP contribution in [-0.2, 0) is 0 Å². The second-order valence-electron chi connectivity index (χ2n) is 4.26. The van der Waals surface area contributed by atoms with Crippen LogP contribution in [0.5, 0.6) is 0 Å². The van der Waals surface area contributed by atoms with Crippen LogP contribution in [0.4, 0.5) is 5.95 Å². The van der Waals surface area contributed by atoms with Crippen molar-refractivity contribution >= 4 is 11.9 Å². The zero-order valence-electron chi connectivity index (χ0n) is 9.07. The average Bonchev–Trinajstić information content (AvgIpc) is 2.68. The Morgan fingerprint density at radius 1 is 1.44 bits per heavy atom. The minimum absolute atomic E-state index is 0.173. The summed E-state index contributed by atoms with van der Waals surface area (Å²) in [5.74, 6) is 0.0873. The predicted octanol–water partition coefficient (Wildman–Crippen LogP) is -0.00840. The lowest BCUT2D eigenvalue weighted by Gasteiger charge is -2.26. The normalized spacial score (nSPS) is 25.3. The molecule has 6 nitrogen and oxygen atoms in total. The van der Waals surface area contributed by atoms with Crippen LogP contribution in [0, 0.1) is 0 Å². The number of H-pyrrole nitrogens is 1. The number of carbonyl (C=O) groups excluding carboxylic acids is 1. The molecule has 16 heavy (non-hydrogen) atoms. The van der Waals surface area contributed by atoms with Crippen molar-refractivity contribution in [1.82, 2.24) is 15.3 Å². The molecular formula is C10H17N5O. The number of nitrogens with one attached hydrogen (secondary N) is 2. The SMILES string of the molecule is Nc1nc(C(=O)N[C@H]2CC[C@H](N)CC2)c[nH]1. The Labute approximate surface area is 93.8 Å². The zero-order valence-corrected chi connectivity index (χ0v) is 9.07. The van der Waals surface area contributed by atoms with Crippen molar-refractivity contribution in [3.63, 3.8) is 0 Å². The molecule has 6 heteroatoms. The van der Waals surface area contributed by atoms with E-state index in [4.69, 9.17) is 11.5 Å². The molecule has 1 aromatic rings. The van der Waals surface area contributed by atoms with Gasteiger partial charge < -0.3 is 21.8 Å². The second kappa shape index (κ2) is 4.52. The molecule has 0 unspecified atom stereocenters. The summed E-state index contributed by atoms with van der Waals surface area (Å²) in [6, 6.07) is 0.499. The summed E-state index contributed by atoms with van der Waals surface area (Å²) in [5, 5.41) is 2.94. The van der Waals surface area contributed by atoms with Gasteiger partial charge >= 0.3 is 0 Å². The monoisotopic (exact) mass is 223 g/mol. The fourth-order valence-electron chi connectivity index (χ4n) is 1.98. The highest BCUT2D eigenvalue weighted by molar-refractivity contribution is 5.92. The van der Waals surface area contributed by atoms with Gasteiger partial charge in [-0.05, 0) is 25.7 Å². The number of carbonyl (C=O) groups is 1. The van der Waals surface area contributed by atoms with E-state index < -0.39 is 0 Å². The number of nitrogens with zero attached hydrogens (tertiary/aromatic N) is 1. The van der Waals surface area contributed by atoms with Gasteiger partial charge in [-0.25, -0.2) is 4.98 Å². The molecule has 0 bridgehead atoms. The maximum Gasteiger partial charge on any atom is 0.271 e. The van der Waals surface area contributed by atoms with Crippen molar-refractivity contribution in [2.24, 2.45) is 5.73 Å². The molecule has 1 aliphatic rings. The third-order valence-electron chi connectivity index (χ3n) is 2.94. The highest BCUT2D eigenvalue weighted by Crippen LogP contribution is 2.17. The summed E-state index contributed by atoms with van der Waals surface area (Å²) >= 11 is 0. The first kappa shape index (κ1) is 10.9. The van der Waals surface area contributed by atoms with Crippen LogP contribution in [0.15, 0.2) is 6.20 Å². The number of nitrogens with two attached hydrogens (primary N) is 2. The Kier molecular flexibility index (Phi) is 3.09. The highest BCUT2D eigenvalue weighted by Gasteiger charge is 2.21. The molecule has 1 fully saturated rings. The smallest absolute Gasteiger partial charge is 0.271 e. The molecule has 1 saturated carbocycles. The summed E-state index contributed by atoms with van der Waals surface area (Å²) < 4.78 is 0. The van der Waals surface area contributed by atoms with Gasteiger partial charge in [0, 0.05) is 18.3 Å². The molecule has 0 radical (unpaired) electrons. The molecule has 0 atom stereocenters. The molecule has 0 saturated heterocycles. The topological polar surface area (TPSA) is 110 Å². The van der Waals surface area contributed by atoms with E-state index in [1.807, 2.05) is 0 Å². The summed E-state index contributed by atoms with van der Waals surface area (Å²) in [5.41, 5.74) is 11.5. The number of hydrogen-bond acceptors (Lipinski definition) is 4. The number of aromatic nitrogens is 2. The molecule has 6 N–H and O–H groups in total. The predicted molar refractivity (Wildman–Crippen MR) is 60.7 cm³/mol. The van der Waals surface area contributed by atoms with Crippen LogP contribution in [0.3, 0.4) is 0 Å². The Balaban J connectivity index is 1.88. The van der Waals surface area contributed by atoms with E-state index in [9.17, 15) is 4.79 Å². The molecule has 2 rings (SSSR count). The van der Waals surface area contributed by atoms with Gasteiger partial charge in [0.25, 0.3) is 5.91 Å². The molecule has 0 aliphatic heterocycles. The minimum Gasteiger partial charge on any atom is -0.369 e. The van der Waals surface area contributed by atoms with Gasteiger partial charge in [-0.2, -0.15) is 0 Å². The van der Waals surface area contributed by atoms with Crippen LogP contribution in [-0.4, -0.2) is 28.0 Å². The lowest BCUT2D eigenvalue weighted by atomic mass is 9.92. The summed E-state index contributed by atoms with van der Waals surface area (Å²) in [4.78, 5) is 18.3. The number of aromatic amines is 1. The first-order valence-corrected chi connectivity index (χ1v) is 5.52. The molecule has 0 aromatic carbocycles. The lowest BCUT2D eigenvalue weighted by molar-refractivity contribution is 0.0921. The van der Waals surface area contributed by atoms with Gasteiger partial charge in [0.15, 0.2) is 5.95 Å². The van der Waals surface area contributed by atoms with E-state index in [-0.39, 0.29) is 23.9 Å². The van der Waals surface area contributed by atoms with Gasteiger partial charge in [-0.15, -0.1) is 0 Å². The van der Waals surface area contributed by atoms with Gasteiger partial charge in [0.1, 0.15) is 5.69 Å². The van der Waals surface area contributed by atoms with Crippen LogP contribution in [0.25, 0.3) is 0 Å². The Hall–Kier alpha value is -1.56. The first-order valence-electron chi connectivity index (χ1n) is 5.52. The Morgan fingerprint density at radius 2 is 2.12 bits per heavy atom. The van der Waals surface area contributed by atoms with Crippen LogP contribution >= 0.6 is 0 Å². The minimum atomic E-state index is -0.173. The van der Waals surface area contributed by atoms with Crippen molar-refractivity contribution in [2.45, 2.75) is 37.8 Å². The van der Waals surface area contributed by atoms with Crippen LogP contribution in [0.2, 0.25) is 0 Å². The van der Waals surface area contributed by atoms with Crippen molar-refractivity contribution in [2.75, 3.05) is 5.73 Å². The second-order valence-corrected chi connectivity index (χ2v) is 4.26. The van der Waals surface area contributed by atoms with Crippen LogP contribution < -0.4 is 16.8 Å². The van der Waals surface area contributed by atoms with E-state index in [1.54, 1.807) is 0 Å². The van der Waals surface area contributed by atoms with E-state index in [1.165, 1.54) is 6.20 Å². The molecular weight excluding hydrogens is 206 g/mol. The quantitative estimate of drug-likeness (QED) is 0.565. The molecule has 1 aromatic heterocycles. The standard InChI is InChI=1S/C10H17N5O/c11-6-1-3-7(4-2-6)14-9(16)8-5-13-10(12)15-8/h5-7H,1-4,11H2,(H,14,16)(H3,12,13,15)/t6-,7-. The number of hydrogen-bond donors (Lipinski definition) is 4. The molecule has 88 valence electrons. The van der Waals surface area contributed by atoms with E-state index in [0.29, 0.717) is 5.69 Å². The van der Waals surface area contributed by atoms with Crippen LogP contribution in [0.1, 0.15) is 36.2 Å². The highest BCUT2D eigenvalue weighted by atomic mass is 16.2. The van der Waals surface area contributed by atoms with Crippen molar-refractivity contribution in [3.8, 4) is 0 Å². The zero-order chi connectivity index (χ0) is 11.5. The van der Waals surface area contributed by atoms with E-state index in [0.717, 1.165) is 25.7 Å². The van der Waals surface area contributed by atoms with Crippen molar-refractivity contribution < 1.29 is 4.79 Å². The Morgan fingerprint density at radius 3 is 2.69 bits per heavy atom. The maximum absolute atomic E-state index is 11.7. The summed E-state index contributed by atoms with van der Waals surface area (Å²) in [6.45, 7) is 0. The fourth-order valence-corrected chi connectivity index (χ4v) is 1.98. The van der Waals surface area contributed by atoms with Gasteiger partial charge in [0.2, 0.25) is 0 Å². The molecule has 1 heterocycles. The lowest BCUT2D eigenvalue weighted by Crippen LogP contribution is -2.40. The number of imidazole rings is 1. The van der Waals surface area contributed by atoms with Gasteiger partial charge in [-0.1, -0.05) is 0 Å². The van der Waals surface area contributed by atoms with E-state index >= 15 is 0 Å². The number of rotatable bonds is 2. The maximum atomic E-state index is 11.7. The largest absolute Gasteiger partial charge is 0.369 e. The number of amides is 1. The molecule has 0 spiro atoms. The third-order valence-corrected chi connectivity index (χ3v) is 2.94. The van der Waals surface area contributed by atoms with Crippen molar-refractivity contribution in [3.05, 3.63) is 11.9 Å². The molecule has 1 amide bonds. The Bertz CT molecular complexity index is 367. The fraction of sp³-hybridized carbons (Fsp3) is 0.600. The summed E-state index contributed by atoms with van der Waals surface area (Å²) in [6.07, 6.45) is 5.32. The summed E-state index contributed by atoms with van der Waals surface area (Å²) in [7, 11) is 0. The van der Waals surface area contributed by atoms with Gasteiger partial charge in [-0.3, -0.25) is 4.79 Å². The van der Waals surface area contributed by atoms with Gasteiger partial charge in [0.05, 0.1) is 0 Å². The third kappa shape index (κ3) is 2.52. The number of anilines is 1. The van der Waals surface area contributed by atoms with Crippen molar-refractivity contribution in [1.29, 1.82) is 0 Å². The molecule has 1 aliphatic carbocycles. The first-order chi connectivity index (χ1) is 7.65.